The lowest BCUT2D eigenvalue weighted by molar-refractivity contribution is 0.353. The van der Waals surface area contributed by atoms with Gasteiger partial charge >= 0.3 is 0 Å². The molecule has 1 aromatic heterocycles. The van der Waals surface area contributed by atoms with Gasteiger partial charge in [0.05, 0.1) is 5.69 Å². The third kappa shape index (κ3) is 3.07. The number of rotatable bonds is 5. The van der Waals surface area contributed by atoms with E-state index in [2.05, 4.69) is 24.3 Å². The molecule has 2 rings (SSSR count). The molecule has 0 aliphatic heterocycles. The van der Waals surface area contributed by atoms with Crippen LogP contribution in [0.3, 0.4) is 0 Å². The molecule has 1 aromatic carbocycles. The van der Waals surface area contributed by atoms with Gasteiger partial charge in [-0.25, -0.2) is 4.39 Å². The first kappa shape index (κ1) is 14.7. The van der Waals surface area contributed by atoms with Crippen LogP contribution in [0.4, 0.5) is 4.39 Å². The number of likely N-dealkylation sites (N-methyl/N-ethyl adjacent to an activating group) is 1. The summed E-state index contributed by atoms with van der Waals surface area (Å²) in [6, 6.07) is 9.01. The molecule has 1 atom stereocenters. The van der Waals surface area contributed by atoms with Gasteiger partial charge in [0.2, 0.25) is 0 Å². The summed E-state index contributed by atoms with van der Waals surface area (Å²) in [6.07, 6.45) is 2.79. The number of nitrogens with one attached hydrogen (secondary N) is 1. The average molecular weight is 275 g/mol. The summed E-state index contributed by atoms with van der Waals surface area (Å²) < 4.78 is 14.9. The Hall–Kier alpha value is -1.68. The van der Waals surface area contributed by atoms with E-state index in [1.54, 1.807) is 0 Å². The van der Waals surface area contributed by atoms with E-state index >= 15 is 0 Å². The van der Waals surface area contributed by atoms with Gasteiger partial charge in [-0.2, -0.15) is 5.10 Å². The molecule has 3 nitrogen and oxygen atoms in total. The standard InChI is InChI=1S/C16H22FN3/c1-16(2,12-5-7-13(17)8-6-12)15(18-3)11-14-9-10-20(4)19-14/h5-10,15,18H,11H2,1-4H3. The molecule has 0 fully saturated rings. The molecule has 0 amide bonds. The van der Waals surface area contributed by atoms with Crippen LogP contribution in [0.25, 0.3) is 0 Å². The number of aromatic nitrogens is 2. The van der Waals surface area contributed by atoms with Crippen LogP contribution in [0.1, 0.15) is 25.1 Å². The summed E-state index contributed by atoms with van der Waals surface area (Å²) in [7, 11) is 3.88. The van der Waals surface area contributed by atoms with Crippen molar-refractivity contribution in [2.24, 2.45) is 7.05 Å². The zero-order valence-electron chi connectivity index (χ0n) is 12.5. The molecular weight excluding hydrogens is 253 g/mol. The average Bonchev–Trinajstić information content (AvgIpc) is 2.82. The molecule has 20 heavy (non-hydrogen) atoms. The van der Waals surface area contributed by atoms with Crippen LogP contribution in [0.2, 0.25) is 0 Å². The third-order valence-corrected chi connectivity index (χ3v) is 3.99. The molecule has 108 valence electrons. The number of aryl methyl sites for hydroxylation is 1. The number of halogens is 1. The molecule has 0 radical (unpaired) electrons. The van der Waals surface area contributed by atoms with Crippen molar-refractivity contribution >= 4 is 0 Å². The minimum Gasteiger partial charge on any atom is -0.316 e. The van der Waals surface area contributed by atoms with E-state index in [1.165, 1.54) is 12.1 Å². The number of benzene rings is 1. The Balaban J connectivity index is 2.22. The minimum atomic E-state index is -0.199. The first-order valence-corrected chi connectivity index (χ1v) is 6.85. The molecule has 4 heteroatoms. The smallest absolute Gasteiger partial charge is 0.123 e. The molecule has 2 aromatic rings. The van der Waals surface area contributed by atoms with Gasteiger partial charge in [0.1, 0.15) is 5.82 Å². The van der Waals surface area contributed by atoms with Crippen LogP contribution < -0.4 is 5.32 Å². The van der Waals surface area contributed by atoms with E-state index in [1.807, 2.05) is 43.2 Å². The van der Waals surface area contributed by atoms with Crippen molar-refractivity contribution < 1.29 is 4.39 Å². The summed E-state index contributed by atoms with van der Waals surface area (Å²) in [6.45, 7) is 4.34. The first-order valence-electron chi connectivity index (χ1n) is 6.85. The van der Waals surface area contributed by atoms with Crippen molar-refractivity contribution in [3.05, 3.63) is 53.6 Å². The fourth-order valence-corrected chi connectivity index (χ4v) is 2.58. The highest BCUT2D eigenvalue weighted by molar-refractivity contribution is 5.27. The van der Waals surface area contributed by atoms with Crippen LogP contribution in [0.15, 0.2) is 36.5 Å². The topological polar surface area (TPSA) is 29.9 Å². The summed E-state index contributed by atoms with van der Waals surface area (Å²) in [5, 5.41) is 7.81. The van der Waals surface area contributed by atoms with Crippen molar-refractivity contribution in [1.82, 2.24) is 15.1 Å². The highest BCUT2D eigenvalue weighted by Crippen LogP contribution is 2.29. The Morgan fingerprint density at radius 2 is 1.90 bits per heavy atom. The Bertz CT molecular complexity index is 557. The SMILES string of the molecule is CNC(Cc1ccn(C)n1)C(C)(C)c1ccc(F)cc1. The lowest BCUT2D eigenvalue weighted by Crippen LogP contribution is -2.44. The number of nitrogens with zero attached hydrogens (tertiary/aromatic N) is 2. The van der Waals surface area contributed by atoms with E-state index in [9.17, 15) is 4.39 Å². The molecule has 0 saturated heterocycles. The van der Waals surface area contributed by atoms with Crippen LogP contribution in [0.5, 0.6) is 0 Å². The van der Waals surface area contributed by atoms with Gasteiger partial charge in [-0.1, -0.05) is 26.0 Å². The van der Waals surface area contributed by atoms with Gasteiger partial charge in [0, 0.05) is 31.1 Å². The minimum absolute atomic E-state index is 0.111. The van der Waals surface area contributed by atoms with Crippen LogP contribution in [-0.4, -0.2) is 22.9 Å². The van der Waals surface area contributed by atoms with E-state index in [0.29, 0.717) is 0 Å². The van der Waals surface area contributed by atoms with Crippen molar-refractivity contribution in [3.63, 3.8) is 0 Å². The Morgan fingerprint density at radius 3 is 2.40 bits per heavy atom. The molecule has 0 aliphatic rings. The largest absolute Gasteiger partial charge is 0.316 e. The second-order valence-corrected chi connectivity index (χ2v) is 5.75. The zero-order valence-corrected chi connectivity index (χ0v) is 12.5. The van der Waals surface area contributed by atoms with Gasteiger partial charge in [-0.15, -0.1) is 0 Å². The van der Waals surface area contributed by atoms with E-state index in [4.69, 9.17) is 0 Å². The first-order chi connectivity index (χ1) is 9.43. The number of hydrogen-bond donors (Lipinski definition) is 1. The predicted octanol–water partition coefficient (Wildman–Crippen LogP) is 2.67. The second-order valence-electron chi connectivity index (χ2n) is 5.75. The molecular formula is C16H22FN3. The van der Waals surface area contributed by atoms with E-state index in [0.717, 1.165) is 17.7 Å². The molecule has 0 spiro atoms. The summed E-state index contributed by atoms with van der Waals surface area (Å²) in [4.78, 5) is 0. The van der Waals surface area contributed by atoms with Gasteiger partial charge in [0.25, 0.3) is 0 Å². The summed E-state index contributed by atoms with van der Waals surface area (Å²) in [5.74, 6) is -0.199. The normalized spacial score (nSPS) is 13.4. The summed E-state index contributed by atoms with van der Waals surface area (Å²) in [5.41, 5.74) is 2.07. The van der Waals surface area contributed by atoms with Crippen molar-refractivity contribution in [3.8, 4) is 0 Å². The predicted molar refractivity (Wildman–Crippen MR) is 79.2 cm³/mol. The van der Waals surface area contributed by atoms with Crippen LogP contribution in [0, 0.1) is 5.82 Å². The Labute approximate surface area is 119 Å². The molecule has 1 N–H and O–H groups in total. The summed E-state index contributed by atoms with van der Waals surface area (Å²) >= 11 is 0. The lowest BCUT2D eigenvalue weighted by Gasteiger charge is -2.34. The molecule has 0 saturated carbocycles. The fourth-order valence-electron chi connectivity index (χ4n) is 2.58. The molecule has 0 aliphatic carbocycles. The van der Waals surface area contributed by atoms with E-state index in [-0.39, 0.29) is 17.3 Å². The molecule has 1 unspecified atom stereocenters. The Morgan fingerprint density at radius 1 is 1.25 bits per heavy atom. The van der Waals surface area contributed by atoms with Crippen LogP contribution in [-0.2, 0) is 18.9 Å². The van der Waals surface area contributed by atoms with Gasteiger partial charge in [-0.3, -0.25) is 4.68 Å². The van der Waals surface area contributed by atoms with Gasteiger partial charge in [-0.05, 0) is 30.8 Å². The zero-order chi connectivity index (χ0) is 14.8. The van der Waals surface area contributed by atoms with Crippen LogP contribution >= 0.6 is 0 Å². The maximum atomic E-state index is 13.1. The molecule has 1 heterocycles. The van der Waals surface area contributed by atoms with Crippen molar-refractivity contribution in [2.45, 2.75) is 31.7 Å². The molecule has 0 bridgehead atoms. The second kappa shape index (κ2) is 5.75. The monoisotopic (exact) mass is 275 g/mol. The maximum Gasteiger partial charge on any atom is 0.123 e. The van der Waals surface area contributed by atoms with Crippen molar-refractivity contribution in [2.75, 3.05) is 7.05 Å². The van der Waals surface area contributed by atoms with Gasteiger partial charge in [0.15, 0.2) is 0 Å². The fraction of sp³-hybridized carbons (Fsp3) is 0.438. The number of hydrogen-bond acceptors (Lipinski definition) is 2. The van der Waals surface area contributed by atoms with E-state index < -0.39 is 0 Å². The maximum absolute atomic E-state index is 13.1. The van der Waals surface area contributed by atoms with Crippen molar-refractivity contribution in [1.29, 1.82) is 0 Å². The lowest BCUT2D eigenvalue weighted by atomic mass is 9.76. The third-order valence-electron chi connectivity index (χ3n) is 3.99. The highest BCUT2D eigenvalue weighted by Gasteiger charge is 2.30. The van der Waals surface area contributed by atoms with Gasteiger partial charge < -0.3 is 5.32 Å². The highest BCUT2D eigenvalue weighted by atomic mass is 19.1. The quantitative estimate of drug-likeness (QED) is 0.909. The Kier molecular flexibility index (Phi) is 4.23.